The molecule has 5 nitrogen and oxygen atoms in total. The maximum absolute atomic E-state index is 13.9. The number of aryl methyl sites for hydroxylation is 1. The molecule has 0 aliphatic heterocycles. The number of esters is 1. The van der Waals surface area contributed by atoms with Gasteiger partial charge in [0, 0.05) is 10.5 Å². The van der Waals surface area contributed by atoms with Gasteiger partial charge in [-0.05, 0) is 59.6 Å². The number of anilines is 1. The molecule has 7 heteroatoms. The maximum atomic E-state index is 13.9. The Morgan fingerprint density at radius 2 is 1.92 bits per heavy atom. The van der Waals surface area contributed by atoms with Gasteiger partial charge >= 0.3 is 5.97 Å². The first-order valence-corrected chi connectivity index (χ1v) is 8.22. The quantitative estimate of drug-likeness (QED) is 0.755. The Morgan fingerprint density at radius 1 is 1.20 bits per heavy atom. The number of halogens is 2. The Hall–Kier alpha value is -2.41. The first-order chi connectivity index (χ1) is 11.8. The van der Waals surface area contributed by atoms with Crippen LogP contribution in [0.15, 0.2) is 40.9 Å². The normalized spacial score (nSPS) is 11.6. The van der Waals surface area contributed by atoms with Gasteiger partial charge in [0.15, 0.2) is 6.10 Å². The molecule has 2 rings (SSSR count). The van der Waals surface area contributed by atoms with Gasteiger partial charge in [-0.25, -0.2) is 9.18 Å². The number of hydrogen-bond donors (Lipinski definition) is 1. The molecule has 1 amide bonds. The number of benzene rings is 2. The van der Waals surface area contributed by atoms with E-state index in [1.807, 2.05) is 19.1 Å². The van der Waals surface area contributed by atoms with Gasteiger partial charge in [0.05, 0.1) is 18.4 Å². The summed E-state index contributed by atoms with van der Waals surface area (Å²) in [4.78, 5) is 24.2. The number of amides is 1. The van der Waals surface area contributed by atoms with Crippen LogP contribution in [0.25, 0.3) is 0 Å². The minimum Gasteiger partial charge on any atom is -0.497 e. The molecule has 0 saturated carbocycles. The van der Waals surface area contributed by atoms with Crippen molar-refractivity contribution < 1.29 is 23.5 Å². The fourth-order valence-corrected chi connectivity index (χ4v) is 2.61. The standard InChI is InChI=1S/C18H17BrFNO4/c1-10-4-7-16(14(19)8-10)21-17(22)11(2)25-18(23)13-6-5-12(24-3)9-15(13)20/h4-9,11H,1-3H3,(H,21,22)/t11-/m1/s1. The van der Waals surface area contributed by atoms with Crippen LogP contribution in [0.4, 0.5) is 10.1 Å². The summed E-state index contributed by atoms with van der Waals surface area (Å²) in [7, 11) is 1.39. The minimum atomic E-state index is -1.10. The van der Waals surface area contributed by atoms with E-state index in [1.54, 1.807) is 6.07 Å². The van der Waals surface area contributed by atoms with Gasteiger partial charge in [-0.2, -0.15) is 0 Å². The topological polar surface area (TPSA) is 64.6 Å². The van der Waals surface area contributed by atoms with E-state index in [0.29, 0.717) is 10.2 Å². The summed E-state index contributed by atoms with van der Waals surface area (Å²) in [6.45, 7) is 3.33. The van der Waals surface area contributed by atoms with Gasteiger partial charge in [-0.15, -0.1) is 0 Å². The summed E-state index contributed by atoms with van der Waals surface area (Å²) in [6, 6.07) is 9.17. The average molecular weight is 410 g/mol. The number of carbonyl (C=O) groups excluding carboxylic acids is 2. The molecule has 2 aromatic rings. The molecule has 0 fully saturated rings. The Bertz CT molecular complexity index is 810. The molecule has 0 saturated heterocycles. The molecule has 132 valence electrons. The summed E-state index contributed by atoms with van der Waals surface area (Å²) in [5.74, 6) is -1.94. The second kappa shape index (κ2) is 8.11. The summed E-state index contributed by atoms with van der Waals surface area (Å²) in [5, 5.41) is 2.65. The number of carbonyl (C=O) groups is 2. The SMILES string of the molecule is COc1ccc(C(=O)O[C@H](C)C(=O)Nc2ccc(C)cc2Br)c(F)c1. The number of rotatable bonds is 5. The van der Waals surface area contributed by atoms with E-state index >= 15 is 0 Å². The minimum absolute atomic E-state index is 0.267. The van der Waals surface area contributed by atoms with E-state index < -0.39 is 23.8 Å². The summed E-state index contributed by atoms with van der Waals surface area (Å²) in [5.41, 5.74) is 1.31. The number of hydrogen-bond acceptors (Lipinski definition) is 4. The van der Waals surface area contributed by atoms with Crippen LogP contribution >= 0.6 is 15.9 Å². The number of nitrogens with one attached hydrogen (secondary N) is 1. The van der Waals surface area contributed by atoms with Gasteiger partial charge < -0.3 is 14.8 Å². The molecule has 0 heterocycles. The smallest absolute Gasteiger partial charge is 0.341 e. The molecule has 0 aliphatic rings. The third-order valence-corrected chi connectivity index (χ3v) is 4.09. The van der Waals surface area contributed by atoms with Crippen LogP contribution in [0.5, 0.6) is 5.75 Å². The highest BCUT2D eigenvalue weighted by atomic mass is 79.9. The molecule has 0 spiro atoms. The predicted octanol–water partition coefficient (Wildman–Crippen LogP) is 4.09. The summed E-state index contributed by atoms with van der Waals surface area (Å²) in [6.07, 6.45) is -1.10. The van der Waals surface area contributed by atoms with E-state index in [4.69, 9.17) is 9.47 Å². The zero-order valence-corrected chi connectivity index (χ0v) is 15.5. The lowest BCUT2D eigenvalue weighted by Gasteiger charge is -2.15. The second-order valence-corrected chi connectivity index (χ2v) is 6.22. The fourth-order valence-electron chi connectivity index (χ4n) is 2.02. The molecule has 1 N–H and O–H groups in total. The Kier molecular flexibility index (Phi) is 6.14. The van der Waals surface area contributed by atoms with Gasteiger partial charge in [0.2, 0.25) is 0 Å². The summed E-state index contributed by atoms with van der Waals surface area (Å²) < 4.78 is 24.5. The maximum Gasteiger partial charge on any atom is 0.341 e. The van der Waals surface area contributed by atoms with E-state index in [9.17, 15) is 14.0 Å². The molecular formula is C18H17BrFNO4. The van der Waals surface area contributed by atoms with Crippen molar-refractivity contribution in [1.82, 2.24) is 0 Å². The first kappa shape index (κ1) is 18.9. The fraction of sp³-hybridized carbons (Fsp3) is 0.222. The summed E-state index contributed by atoms with van der Waals surface area (Å²) >= 11 is 3.35. The van der Waals surface area contributed by atoms with Gasteiger partial charge in [-0.3, -0.25) is 4.79 Å². The Labute approximate surface area is 153 Å². The van der Waals surface area contributed by atoms with Crippen molar-refractivity contribution in [2.45, 2.75) is 20.0 Å². The molecule has 0 radical (unpaired) electrons. The molecular weight excluding hydrogens is 393 g/mol. The van der Waals surface area contributed by atoms with Crippen molar-refractivity contribution in [1.29, 1.82) is 0 Å². The lowest BCUT2D eigenvalue weighted by molar-refractivity contribution is -0.123. The van der Waals surface area contributed by atoms with Crippen LogP contribution in [0.3, 0.4) is 0 Å². The first-order valence-electron chi connectivity index (χ1n) is 7.43. The largest absolute Gasteiger partial charge is 0.497 e. The van der Waals surface area contributed by atoms with Gasteiger partial charge in [0.25, 0.3) is 5.91 Å². The van der Waals surface area contributed by atoms with Crippen molar-refractivity contribution in [3.8, 4) is 5.75 Å². The van der Waals surface area contributed by atoms with Crippen molar-refractivity contribution in [3.05, 3.63) is 57.8 Å². The Balaban J connectivity index is 2.04. The molecule has 0 bridgehead atoms. The average Bonchev–Trinajstić information content (AvgIpc) is 2.56. The van der Waals surface area contributed by atoms with Crippen LogP contribution in [-0.4, -0.2) is 25.1 Å². The molecule has 2 aromatic carbocycles. The van der Waals surface area contributed by atoms with E-state index in [1.165, 1.54) is 26.2 Å². The highest BCUT2D eigenvalue weighted by molar-refractivity contribution is 9.10. The van der Waals surface area contributed by atoms with Gasteiger partial charge in [0.1, 0.15) is 11.6 Å². The molecule has 25 heavy (non-hydrogen) atoms. The third kappa shape index (κ3) is 4.79. The monoisotopic (exact) mass is 409 g/mol. The van der Waals surface area contributed by atoms with Crippen LogP contribution in [0, 0.1) is 12.7 Å². The number of methoxy groups -OCH3 is 1. The van der Waals surface area contributed by atoms with E-state index in [-0.39, 0.29) is 11.3 Å². The predicted molar refractivity (Wildman–Crippen MR) is 95.3 cm³/mol. The number of ether oxygens (including phenoxy) is 2. The van der Waals surface area contributed by atoms with Crippen LogP contribution in [0.2, 0.25) is 0 Å². The lowest BCUT2D eigenvalue weighted by atomic mass is 10.2. The van der Waals surface area contributed by atoms with E-state index in [0.717, 1.165) is 11.6 Å². The highest BCUT2D eigenvalue weighted by Gasteiger charge is 2.22. The van der Waals surface area contributed by atoms with Crippen LogP contribution < -0.4 is 10.1 Å². The van der Waals surface area contributed by atoms with Crippen LogP contribution in [-0.2, 0) is 9.53 Å². The van der Waals surface area contributed by atoms with Crippen molar-refractivity contribution in [2.75, 3.05) is 12.4 Å². The Morgan fingerprint density at radius 3 is 2.52 bits per heavy atom. The zero-order valence-electron chi connectivity index (χ0n) is 13.9. The lowest BCUT2D eigenvalue weighted by Crippen LogP contribution is -2.30. The van der Waals surface area contributed by atoms with Crippen LogP contribution in [0.1, 0.15) is 22.8 Å². The highest BCUT2D eigenvalue weighted by Crippen LogP contribution is 2.24. The molecule has 0 unspecified atom stereocenters. The van der Waals surface area contributed by atoms with E-state index in [2.05, 4.69) is 21.2 Å². The molecule has 0 aromatic heterocycles. The third-order valence-electron chi connectivity index (χ3n) is 3.43. The second-order valence-electron chi connectivity index (χ2n) is 5.37. The molecule has 1 atom stereocenters. The van der Waals surface area contributed by atoms with Gasteiger partial charge in [-0.1, -0.05) is 6.07 Å². The molecule has 0 aliphatic carbocycles. The van der Waals surface area contributed by atoms with Crippen molar-refractivity contribution in [2.24, 2.45) is 0 Å². The van der Waals surface area contributed by atoms with Crippen molar-refractivity contribution >= 4 is 33.5 Å². The van der Waals surface area contributed by atoms with Crippen molar-refractivity contribution in [3.63, 3.8) is 0 Å². The zero-order chi connectivity index (χ0) is 18.6.